The molecule has 1 aromatic rings. The van der Waals surface area contributed by atoms with Gasteiger partial charge in [0.2, 0.25) is 0 Å². The maximum absolute atomic E-state index is 3.71. The molecule has 18 heavy (non-hydrogen) atoms. The maximum atomic E-state index is 3.71. The fourth-order valence-electron chi connectivity index (χ4n) is 2.79. The van der Waals surface area contributed by atoms with Crippen molar-refractivity contribution >= 4 is 0 Å². The summed E-state index contributed by atoms with van der Waals surface area (Å²) >= 11 is 0. The summed E-state index contributed by atoms with van der Waals surface area (Å²) in [5.41, 5.74) is 2.83. The summed E-state index contributed by atoms with van der Waals surface area (Å²) in [5, 5.41) is 3.71. The first-order valence-electron chi connectivity index (χ1n) is 7.14. The molecule has 2 heteroatoms. The minimum atomic E-state index is 0.464. The maximum Gasteiger partial charge on any atom is 0.0294 e. The molecule has 0 saturated carbocycles. The van der Waals surface area contributed by atoms with Gasteiger partial charge in [0, 0.05) is 6.04 Å². The molecule has 100 valence electrons. The summed E-state index contributed by atoms with van der Waals surface area (Å²) < 4.78 is 0. The fraction of sp³-hybridized carbons (Fsp3) is 0.625. The largest absolute Gasteiger partial charge is 0.310 e. The Morgan fingerprint density at radius 1 is 1.28 bits per heavy atom. The van der Waals surface area contributed by atoms with Gasteiger partial charge in [-0.3, -0.25) is 0 Å². The fourth-order valence-corrected chi connectivity index (χ4v) is 2.79. The van der Waals surface area contributed by atoms with E-state index < -0.39 is 0 Å². The third kappa shape index (κ3) is 3.56. The Hall–Kier alpha value is -0.860. The number of piperidine rings is 1. The first kappa shape index (κ1) is 13.6. The lowest BCUT2D eigenvalue weighted by Gasteiger charge is -2.30. The lowest BCUT2D eigenvalue weighted by molar-refractivity contribution is 0.213. The van der Waals surface area contributed by atoms with E-state index in [0.717, 1.165) is 12.5 Å². The third-order valence-corrected chi connectivity index (χ3v) is 4.21. The summed E-state index contributed by atoms with van der Waals surface area (Å²) in [6.07, 6.45) is 2.67. The molecule has 1 aliphatic heterocycles. The van der Waals surface area contributed by atoms with E-state index in [1.54, 1.807) is 0 Å². The number of benzene rings is 1. The number of nitrogens with one attached hydrogen (secondary N) is 1. The number of rotatable bonds is 4. The number of nitrogens with zero attached hydrogens (tertiary/aromatic N) is 1. The Morgan fingerprint density at radius 3 is 2.61 bits per heavy atom. The average molecular weight is 246 g/mol. The van der Waals surface area contributed by atoms with Gasteiger partial charge in [-0.25, -0.2) is 0 Å². The van der Waals surface area contributed by atoms with Crippen molar-refractivity contribution in [3.05, 3.63) is 35.4 Å². The number of hydrogen-bond donors (Lipinski definition) is 1. The third-order valence-electron chi connectivity index (χ3n) is 4.21. The van der Waals surface area contributed by atoms with E-state index in [-0.39, 0.29) is 0 Å². The molecule has 1 atom stereocenters. The molecule has 0 bridgehead atoms. The van der Waals surface area contributed by atoms with Crippen LogP contribution in [-0.4, -0.2) is 31.6 Å². The van der Waals surface area contributed by atoms with Crippen LogP contribution >= 0.6 is 0 Å². The molecule has 1 aromatic carbocycles. The molecule has 1 saturated heterocycles. The van der Waals surface area contributed by atoms with Gasteiger partial charge in [-0.05, 0) is 70.4 Å². The van der Waals surface area contributed by atoms with Crippen LogP contribution < -0.4 is 5.32 Å². The van der Waals surface area contributed by atoms with Crippen LogP contribution in [0.2, 0.25) is 0 Å². The lowest BCUT2D eigenvalue weighted by atomic mass is 9.96. The van der Waals surface area contributed by atoms with Crippen molar-refractivity contribution < 1.29 is 0 Å². The van der Waals surface area contributed by atoms with Crippen LogP contribution in [0.4, 0.5) is 0 Å². The van der Waals surface area contributed by atoms with Crippen LogP contribution in [-0.2, 0) is 0 Å². The van der Waals surface area contributed by atoms with Crippen molar-refractivity contribution in [3.63, 3.8) is 0 Å². The first-order chi connectivity index (χ1) is 8.66. The Morgan fingerprint density at radius 2 is 1.94 bits per heavy atom. The summed E-state index contributed by atoms with van der Waals surface area (Å²) in [5.74, 6) is 0.854. The van der Waals surface area contributed by atoms with E-state index in [1.807, 2.05) is 0 Å². The molecular weight excluding hydrogens is 220 g/mol. The molecule has 0 spiro atoms. The topological polar surface area (TPSA) is 15.3 Å². The summed E-state index contributed by atoms with van der Waals surface area (Å²) in [4.78, 5) is 2.43. The second-order valence-corrected chi connectivity index (χ2v) is 5.73. The molecule has 0 aromatic heterocycles. The highest BCUT2D eigenvalue weighted by molar-refractivity contribution is 5.28. The van der Waals surface area contributed by atoms with Crippen molar-refractivity contribution in [2.24, 2.45) is 5.92 Å². The van der Waals surface area contributed by atoms with Crippen LogP contribution in [0.5, 0.6) is 0 Å². The van der Waals surface area contributed by atoms with Gasteiger partial charge in [-0.2, -0.15) is 0 Å². The van der Waals surface area contributed by atoms with Crippen molar-refractivity contribution in [3.8, 4) is 0 Å². The van der Waals surface area contributed by atoms with Gasteiger partial charge < -0.3 is 10.2 Å². The summed E-state index contributed by atoms with van der Waals surface area (Å²) in [7, 11) is 2.22. The highest BCUT2D eigenvalue weighted by Crippen LogP contribution is 2.19. The number of aryl methyl sites for hydroxylation is 1. The van der Waals surface area contributed by atoms with Gasteiger partial charge in [0.1, 0.15) is 0 Å². The van der Waals surface area contributed by atoms with E-state index in [4.69, 9.17) is 0 Å². The van der Waals surface area contributed by atoms with Crippen LogP contribution in [0.15, 0.2) is 24.3 Å². The van der Waals surface area contributed by atoms with E-state index in [0.29, 0.717) is 6.04 Å². The number of likely N-dealkylation sites (tertiary alicyclic amines) is 1. The predicted octanol–water partition coefficient (Wildman–Crippen LogP) is 2.99. The zero-order valence-corrected chi connectivity index (χ0v) is 11.9. The van der Waals surface area contributed by atoms with E-state index >= 15 is 0 Å². The zero-order chi connectivity index (χ0) is 13.0. The molecular formula is C16H26N2. The van der Waals surface area contributed by atoms with Gasteiger partial charge >= 0.3 is 0 Å². The van der Waals surface area contributed by atoms with Crippen LogP contribution in [0, 0.1) is 12.8 Å². The van der Waals surface area contributed by atoms with Crippen molar-refractivity contribution in [1.29, 1.82) is 0 Å². The average Bonchev–Trinajstić information content (AvgIpc) is 2.38. The van der Waals surface area contributed by atoms with E-state index in [1.165, 1.54) is 37.1 Å². The molecule has 1 fully saturated rings. The van der Waals surface area contributed by atoms with Crippen molar-refractivity contribution in [2.75, 3.05) is 26.7 Å². The molecule has 0 aliphatic carbocycles. The molecule has 2 rings (SSSR count). The highest BCUT2D eigenvalue weighted by Gasteiger charge is 2.17. The lowest BCUT2D eigenvalue weighted by Crippen LogP contribution is -2.35. The van der Waals surface area contributed by atoms with E-state index in [2.05, 4.69) is 55.4 Å². The normalized spacial score (nSPS) is 19.9. The highest BCUT2D eigenvalue weighted by atomic mass is 15.1. The molecule has 1 N–H and O–H groups in total. The van der Waals surface area contributed by atoms with Gasteiger partial charge in [0.15, 0.2) is 0 Å². The van der Waals surface area contributed by atoms with Gasteiger partial charge in [-0.1, -0.05) is 24.3 Å². The first-order valence-corrected chi connectivity index (χ1v) is 7.14. The minimum absolute atomic E-state index is 0.464. The second-order valence-electron chi connectivity index (χ2n) is 5.73. The summed E-state index contributed by atoms with van der Waals surface area (Å²) in [6.45, 7) is 8.14. The van der Waals surface area contributed by atoms with Crippen LogP contribution in [0.25, 0.3) is 0 Å². The van der Waals surface area contributed by atoms with Crippen LogP contribution in [0.3, 0.4) is 0 Å². The monoisotopic (exact) mass is 246 g/mol. The Kier molecular flexibility index (Phi) is 4.79. The van der Waals surface area contributed by atoms with Gasteiger partial charge in [-0.15, -0.1) is 0 Å². The molecule has 2 nitrogen and oxygen atoms in total. The standard InChI is InChI=1S/C16H26N2/c1-13-6-4-5-7-16(13)14(2)17-12-15-8-10-18(3)11-9-15/h4-7,14-15,17H,8-12H2,1-3H3/t14-/m0/s1. The second kappa shape index (κ2) is 6.35. The molecule has 1 heterocycles. The Bertz CT molecular complexity index is 367. The molecule has 0 amide bonds. The predicted molar refractivity (Wildman–Crippen MR) is 77.8 cm³/mol. The quantitative estimate of drug-likeness (QED) is 0.878. The van der Waals surface area contributed by atoms with Gasteiger partial charge in [0.05, 0.1) is 0 Å². The van der Waals surface area contributed by atoms with Crippen LogP contribution in [0.1, 0.15) is 36.9 Å². The smallest absolute Gasteiger partial charge is 0.0294 e. The SMILES string of the molecule is Cc1ccccc1[C@H](C)NCC1CCN(C)CC1. The molecule has 1 aliphatic rings. The Balaban J connectivity index is 1.81. The molecule has 0 unspecified atom stereocenters. The number of hydrogen-bond acceptors (Lipinski definition) is 2. The zero-order valence-electron chi connectivity index (χ0n) is 11.9. The van der Waals surface area contributed by atoms with Crippen molar-refractivity contribution in [2.45, 2.75) is 32.7 Å². The van der Waals surface area contributed by atoms with Gasteiger partial charge in [0.25, 0.3) is 0 Å². The Labute approximate surface area is 111 Å². The van der Waals surface area contributed by atoms with E-state index in [9.17, 15) is 0 Å². The molecule has 0 radical (unpaired) electrons. The minimum Gasteiger partial charge on any atom is -0.310 e. The summed E-state index contributed by atoms with van der Waals surface area (Å²) in [6, 6.07) is 9.15. The van der Waals surface area contributed by atoms with Crippen molar-refractivity contribution in [1.82, 2.24) is 10.2 Å².